The summed E-state index contributed by atoms with van der Waals surface area (Å²) in [5.74, 6) is 1.33. The molecule has 0 N–H and O–H groups in total. The van der Waals surface area contributed by atoms with Crippen LogP contribution in [0.15, 0.2) is 84.0 Å². The molecule has 0 spiro atoms. The van der Waals surface area contributed by atoms with E-state index in [1.54, 1.807) is 41.5 Å². The number of furan rings is 1. The number of hydrogen-bond donors (Lipinski definition) is 0. The van der Waals surface area contributed by atoms with Crippen LogP contribution in [-0.2, 0) is 13.1 Å². The third-order valence-corrected chi connectivity index (χ3v) is 4.22. The number of halogens is 1. The minimum Gasteiger partial charge on any atom is -0.490 e. The Kier molecular flexibility index (Phi) is 6.34. The molecular weight excluding hydrogens is 362 g/mol. The Bertz CT molecular complexity index is 871. The molecule has 0 aliphatic heterocycles. The van der Waals surface area contributed by atoms with Crippen LogP contribution in [0.3, 0.4) is 0 Å². The maximum Gasteiger partial charge on any atom is 0.254 e. The molecule has 3 rings (SSSR count). The average Bonchev–Trinajstić information content (AvgIpc) is 3.20. The SMILES string of the molecule is C=CCOc1ccc(C(=O)N(Cc2ccc(Cl)cc2)Cc2ccco2)cc1. The van der Waals surface area contributed by atoms with Gasteiger partial charge in [-0.3, -0.25) is 4.79 Å². The van der Waals surface area contributed by atoms with Crippen molar-refractivity contribution < 1.29 is 13.9 Å². The van der Waals surface area contributed by atoms with E-state index in [1.165, 1.54) is 0 Å². The van der Waals surface area contributed by atoms with E-state index in [0.29, 0.717) is 36.0 Å². The highest BCUT2D eigenvalue weighted by Gasteiger charge is 2.18. The second-order valence-corrected chi connectivity index (χ2v) is 6.43. The number of amides is 1. The van der Waals surface area contributed by atoms with Gasteiger partial charge in [-0.05, 0) is 54.1 Å². The molecule has 0 saturated heterocycles. The number of hydrogen-bond acceptors (Lipinski definition) is 3. The van der Waals surface area contributed by atoms with Crippen molar-refractivity contribution in [2.45, 2.75) is 13.1 Å². The molecule has 0 fully saturated rings. The zero-order valence-electron chi connectivity index (χ0n) is 14.8. The monoisotopic (exact) mass is 381 g/mol. The van der Waals surface area contributed by atoms with Crippen molar-refractivity contribution in [1.29, 1.82) is 0 Å². The molecule has 1 aromatic heterocycles. The van der Waals surface area contributed by atoms with Crippen molar-refractivity contribution in [1.82, 2.24) is 4.90 Å². The summed E-state index contributed by atoms with van der Waals surface area (Å²) in [7, 11) is 0. The molecule has 1 heterocycles. The number of nitrogens with zero attached hydrogens (tertiary/aromatic N) is 1. The largest absolute Gasteiger partial charge is 0.490 e. The highest BCUT2D eigenvalue weighted by molar-refractivity contribution is 6.30. The molecule has 1 amide bonds. The Morgan fingerprint density at radius 1 is 1.07 bits per heavy atom. The van der Waals surface area contributed by atoms with E-state index in [2.05, 4.69) is 6.58 Å². The van der Waals surface area contributed by atoms with Gasteiger partial charge in [0.1, 0.15) is 18.1 Å². The maximum absolute atomic E-state index is 13.1. The predicted octanol–water partition coefficient (Wildman–Crippen LogP) is 5.34. The van der Waals surface area contributed by atoms with Gasteiger partial charge in [0.15, 0.2) is 0 Å². The van der Waals surface area contributed by atoms with E-state index in [4.69, 9.17) is 20.8 Å². The first-order chi connectivity index (χ1) is 13.2. The van der Waals surface area contributed by atoms with Crippen LogP contribution in [0.5, 0.6) is 5.75 Å². The number of carbonyl (C=O) groups is 1. The number of rotatable bonds is 8. The van der Waals surface area contributed by atoms with E-state index >= 15 is 0 Å². The Balaban J connectivity index is 1.79. The lowest BCUT2D eigenvalue weighted by molar-refractivity contribution is 0.0717. The molecular formula is C22H20ClNO3. The van der Waals surface area contributed by atoms with Gasteiger partial charge in [-0.15, -0.1) is 0 Å². The fraction of sp³-hybridized carbons (Fsp3) is 0.136. The second-order valence-electron chi connectivity index (χ2n) is 5.99. The molecule has 0 radical (unpaired) electrons. The van der Waals surface area contributed by atoms with Crippen LogP contribution in [0.1, 0.15) is 21.7 Å². The number of ether oxygens (including phenoxy) is 1. The second kappa shape index (κ2) is 9.10. The van der Waals surface area contributed by atoms with Crippen LogP contribution in [0.2, 0.25) is 5.02 Å². The van der Waals surface area contributed by atoms with Crippen molar-refractivity contribution in [3.63, 3.8) is 0 Å². The first-order valence-electron chi connectivity index (χ1n) is 8.55. The molecule has 0 atom stereocenters. The van der Waals surface area contributed by atoms with Gasteiger partial charge < -0.3 is 14.1 Å². The highest BCUT2D eigenvalue weighted by atomic mass is 35.5. The van der Waals surface area contributed by atoms with Gasteiger partial charge in [0, 0.05) is 17.1 Å². The van der Waals surface area contributed by atoms with Gasteiger partial charge in [-0.2, -0.15) is 0 Å². The molecule has 138 valence electrons. The van der Waals surface area contributed by atoms with E-state index in [0.717, 1.165) is 11.3 Å². The average molecular weight is 382 g/mol. The fourth-order valence-corrected chi connectivity index (χ4v) is 2.76. The van der Waals surface area contributed by atoms with Crippen molar-refractivity contribution in [2.75, 3.05) is 6.61 Å². The third-order valence-electron chi connectivity index (χ3n) is 3.97. The summed E-state index contributed by atoms with van der Waals surface area (Å²) < 4.78 is 10.9. The molecule has 0 unspecified atom stereocenters. The van der Waals surface area contributed by atoms with Gasteiger partial charge in [-0.25, -0.2) is 0 Å². The van der Waals surface area contributed by atoms with Crippen LogP contribution >= 0.6 is 11.6 Å². The summed E-state index contributed by atoms with van der Waals surface area (Å²) >= 11 is 5.96. The smallest absolute Gasteiger partial charge is 0.254 e. The van der Waals surface area contributed by atoms with Crippen LogP contribution < -0.4 is 4.74 Å². The summed E-state index contributed by atoms with van der Waals surface area (Å²) in [6, 6.07) is 18.2. The number of carbonyl (C=O) groups excluding carboxylic acids is 1. The Hall–Kier alpha value is -2.98. The van der Waals surface area contributed by atoms with Gasteiger partial charge in [-0.1, -0.05) is 36.4 Å². The zero-order chi connectivity index (χ0) is 19.1. The molecule has 5 heteroatoms. The Labute approximate surface area is 163 Å². The van der Waals surface area contributed by atoms with E-state index in [9.17, 15) is 4.79 Å². The van der Waals surface area contributed by atoms with Crippen LogP contribution in [0.25, 0.3) is 0 Å². The Morgan fingerprint density at radius 2 is 1.81 bits per heavy atom. The zero-order valence-corrected chi connectivity index (χ0v) is 15.6. The molecule has 2 aromatic carbocycles. The van der Waals surface area contributed by atoms with Gasteiger partial charge in [0.2, 0.25) is 0 Å². The van der Waals surface area contributed by atoms with Gasteiger partial charge in [0.25, 0.3) is 5.91 Å². The first kappa shape index (κ1) is 18.8. The van der Waals surface area contributed by atoms with Crippen LogP contribution in [0, 0.1) is 0 Å². The normalized spacial score (nSPS) is 10.4. The molecule has 0 bridgehead atoms. The Morgan fingerprint density at radius 3 is 2.44 bits per heavy atom. The fourth-order valence-electron chi connectivity index (χ4n) is 2.63. The minimum atomic E-state index is -0.0865. The van der Waals surface area contributed by atoms with Crippen molar-refractivity contribution in [2.24, 2.45) is 0 Å². The van der Waals surface area contributed by atoms with Crippen LogP contribution in [-0.4, -0.2) is 17.4 Å². The van der Waals surface area contributed by atoms with Crippen LogP contribution in [0.4, 0.5) is 0 Å². The topological polar surface area (TPSA) is 42.7 Å². The molecule has 0 saturated carbocycles. The van der Waals surface area contributed by atoms with E-state index < -0.39 is 0 Å². The van der Waals surface area contributed by atoms with E-state index in [-0.39, 0.29) is 5.91 Å². The quantitative estimate of drug-likeness (QED) is 0.494. The van der Waals surface area contributed by atoms with Crippen molar-refractivity contribution in [3.05, 3.63) is 101 Å². The lowest BCUT2D eigenvalue weighted by Gasteiger charge is -2.22. The summed E-state index contributed by atoms with van der Waals surface area (Å²) in [6.45, 7) is 4.88. The molecule has 0 aliphatic rings. The predicted molar refractivity (Wildman–Crippen MR) is 106 cm³/mol. The van der Waals surface area contributed by atoms with Gasteiger partial charge >= 0.3 is 0 Å². The molecule has 4 nitrogen and oxygen atoms in total. The van der Waals surface area contributed by atoms with Gasteiger partial charge in [0.05, 0.1) is 12.8 Å². The summed E-state index contributed by atoms with van der Waals surface area (Å²) in [5.41, 5.74) is 1.58. The van der Waals surface area contributed by atoms with Crippen molar-refractivity contribution in [3.8, 4) is 5.75 Å². The lowest BCUT2D eigenvalue weighted by atomic mass is 10.1. The standard InChI is InChI=1S/C22H20ClNO3/c1-2-13-26-20-11-7-18(8-12-20)22(25)24(16-21-4-3-14-27-21)15-17-5-9-19(23)10-6-17/h2-12,14H,1,13,15-16H2. The van der Waals surface area contributed by atoms with Crippen molar-refractivity contribution >= 4 is 17.5 Å². The highest BCUT2D eigenvalue weighted by Crippen LogP contribution is 2.18. The first-order valence-corrected chi connectivity index (χ1v) is 8.93. The summed E-state index contributed by atoms with van der Waals surface area (Å²) in [5, 5.41) is 0.665. The van der Waals surface area contributed by atoms with E-state index in [1.807, 2.05) is 36.4 Å². The lowest BCUT2D eigenvalue weighted by Crippen LogP contribution is -2.30. The molecule has 3 aromatic rings. The third kappa shape index (κ3) is 5.25. The summed E-state index contributed by atoms with van der Waals surface area (Å²) in [4.78, 5) is 14.8. The molecule has 27 heavy (non-hydrogen) atoms. The maximum atomic E-state index is 13.1. The summed E-state index contributed by atoms with van der Waals surface area (Å²) in [6.07, 6.45) is 3.28. The molecule has 0 aliphatic carbocycles. The minimum absolute atomic E-state index is 0.0865. The number of benzene rings is 2.